The molecule has 0 saturated heterocycles. The van der Waals surface area contributed by atoms with Crippen molar-refractivity contribution in [2.24, 2.45) is 11.7 Å². The third-order valence-corrected chi connectivity index (χ3v) is 3.20. The van der Waals surface area contributed by atoms with E-state index >= 15 is 0 Å². The summed E-state index contributed by atoms with van der Waals surface area (Å²) in [4.78, 5) is 45.4. The van der Waals surface area contributed by atoms with E-state index in [-0.39, 0.29) is 11.7 Å². The minimum Gasteiger partial charge on any atom is -0.481 e. The lowest BCUT2D eigenvalue weighted by molar-refractivity contribution is -0.143. The number of carbonyl (C=O) groups is 4. The highest BCUT2D eigenvalue weighted by Crippen LogP contribution is 2.01. The summed E-state index contributed by atoms with van der Waals surface area (Å²) >= 11 is 3.78. The second kappa shape index (κ2) is 9.26. The zero-order valence-electron chi connectivity index (χ0n) is 12.3. The molecule has 0 fully saturated rings. The van der Waals surface area contributed by atoms with Crippen LogP contribution in [0.2, 0.25) is 0 Å². The Morgan fingerprint density at radius 2 is 1.55 bits per heavy atom. The molecule has 2 amide bonds. The van der Waals surface area contributed by atoms with Gasteiger partial charge >= 0.3 is 11.9 Å². The summed E-state index contributed by atoms with van der Waals surface area (Å²) in [5.74, 6) is -4.64. The number of nitrogens with two attached hydrogens (primary N) is 1. The molecule has 0 aliphatic rings. The molecular weight excluding hydrogens is 314 g/mol. The molecule has 9 nitrogen and oxygen atoms in total. The molecule has 0 rings (SSSR count). The highest BCUT2D eigenvalue weighted by molar-refractivity contribution is 7.80. The van der Waals surface area contributed by atoms with Gasteiger partial charge in [-0.25, -0.2) is 4.79 Å². The summed E-state index contributed by atoms with van der Waals surface area (Å²) in [6.07, 6.45) is -0.693. The predicted octanol–water partition coefficient (Wildman–Crippen LogP) is -1.57. The summed E-state index contributed by atoms with van der Waals surface area (Å²) < 4.78 is 0. The highest BCUT2D eigenvalue weighted by atomic mass is 32.1. The van der Waals surface area contributed by atoms with Gasteiger partial charge in [-0.3, -0.25) is 14.4 Å². The Balaban J connectivity index is 4.97. The van der Waals surface area contributed by atoms with Crippen molar-refractivity contribution < 1.29 is 29.4 Å². The molecule has 0 aromatic heterocycles. The highest BCUT2D eigenvalue weighted by Gasteiger charge is 2.29. The summed E-state index contributed by atoms with van der Waals surface area (Å²) in [7, 11) is 0. The Kier molecular flexibility index (Phi) is 8.50. The zero-order valence-corrected chi connectivity index (χ0v) is 13.2. The van der Waals surface area contributed by atoms with E-state index in [4.69, 9.17) is 15.9 Å². The minimum absolute atomic E-state index is 0.180. The summed E-state index contributed by atoms with van der Waals surface area (Å²) in [5, 5.41) is 22.0. The van der Waals surface area contributed by atoms with Crippen molar-refractivity contribution in [3.05, 3.63) is 0 Å². The van der Waals surface area contributed by atoms with Crippen LogP contribution in [0.3, 0.4) is 0 Å². The fraction of sp³-hybridized carbons (Fsp3) is 0.667. The topological polar surface area (TPSA) is 159 Å². The van der Waals surface area contributed by atoms with E-state index in [1.54, 1.807) is 13.8 Å². The maximum atomic E-state index is 12.0. The van der Waals surface area contributed by atoms with Crippen molar-refractivity contribution in [1.29, 1.82) is 0 Å². The van der Waals surface area contributed by atoms with Crippen LogP contribution in [0.25, 0.3) is 0 Å². The van der Waals surface area contributed by atoms with E-state index in [1.807, 2.05) is 0 Å². The van der Waals surface area contributed by atoms with Crippen molar-refractivity contribution in [3.63, 3.8) is 0 Å². The van der Waals surface area contributed by atoms with Crippen LogP contribution in [-0.4, -0.2) is 57.8 Å². The number of carboxylic acids is 2. The van der Waals surface area contributed by atoms with Gasteiger partial charge < -0.3 is 26.6 Å². The first-order chi connectivity index (χ1) is 10.1. The summed E-state index contributed by atoms with van der Waals surface area (Å²) in [5.41, 5.74) is 5.62. The van der Waals surface area contributed by atoms with Gasteiger partial charge in [0, 0.05) is 5.75 Å². The van der Waals surface area contributed by atoms with E-state index < -0.39 is 48.3 Å². The molecular formula is C12H21N3O6S. The lowest BCUT2D eigenvalue weighted by atomic mass is 10.0. The fourth-order valence-electron chi connectivity index (χ4n) is 1.41. The molecule has 126 valence electrons. The average molecular weight is 335 g/mol. The van der Waals surface area contributed by atoms with Crippen molar-refractivity contribution in [1.82, 2.24) is 10.6 Å². The Hall–Kier alpha value is -1.81. The molecule has 0 saturated carbocycles. The Bertz CT molecular complexity index is 443. The van der Waals surface area contributed by atoms with Gasteiger partial charge in [-0.15, -0.1) is 0 Å². The second-order valence-electron chi connectivity index (χ2n) is 5.01. The second-order valence-corrected chi connectivity index (χ2v) is 5.38. The van der Waals surface area contributed by atoms with Crippen LogP contribution in [0.1, 0.15) is 20.3 Å². The smallest absolute Gasteiger partial charge is 0.327 e. The number of aliphatic carboxylic acids is 2. The van der Waals surface area contributed by atoms with Crippen LogP contribution in [0.4, 0.5) is 0 Å². The standard InChI is InChI=1S/C12H21N3O6S/c1-5(2)9(13)11(19)14-6(3-8(16)17)10(18)15-7(4-22)12(20)21/h5-7,9,22H,3-4,13H2,1-2H3,(H,14,19)(H,15,18)(H,16,17)(H,20,21)/t6-,7-,9-/m0/s1. The van der Waals surface area contributed by atoms with E-state index in [0.717, 1.165) is 0 Å². The Morgan fingerprint density at radius 1 is 1.05 bits per heavy atom. The number of carboxylic acid groups (broad SMARTS) is 2. The third kappa shape index (κ3) is 6.76. The molecule has 0 unspecified atom stereocenters. The molecule has 10 heteroatoms. The van der Waals surface area contributed by atoms with Gasteiger partial charge in [-0.05, 0) is 5.92 Å². The molecule has 0 radical (unpaired) electrons. The van der Waals surface area contributed by atoms with Crippen LogP contribution >= 0.6 is 12.6 Å². The average Bonchev–Trinajstić information content (AvgIpc) is 2.41. The molecule has 22 heavy (non-hydrogen) atoms. The SMILES string of the molecule is CC(C)[C@H](N)C(=O)N[C@@H](CC(=O)O)C(=O)N[C@@H](CS)C(=O)O. The lowest BCUT2D eigenvalue weighted by Crippen LogP contribution is -2.56. The molecule has 0 heterocycles. The molecule has 0 aromatic carbocycles. The van der Waals surface area contributed by atoms with Gasteiger partial charge in [-0.1, -0.05) is 13.8 Å². The van der Waals surface area contributed by atoms with Gasteiger partial charge in [0.2, 0.25) is 11.8 Å². The molecule has 0 aliphatic heterocycles. The lowest BCUT2D eigenvalue weighted by Gasteiger charge is -2.22. The summed E-state index contributed by atoms with van der Waals surface area (Å²) in [6.45, 7) is 3.38. The predicted molar refractivity (Wildman–Crippen MR) is 80.4 cm³/mol. The normalized spacial score (nSPS) is 14.8. The van der Waals surface area contributed by atoms with Crippen LogP contribution in [0.15, 0.2) is 0 Å². The van der Waals surface area contributed by atoms with Crippen molar-refractivity contribution >= 4 is 36.4 Å². The van der Waals surface area contributed by atoms with Crippen LogP contribution in [0, 0.1) is 5.92 Å². The largest absolute Gasteiger partial charge is 0.481 e. The Labute approximate surface area is 133 Å². The molecule has 0 aliphatic carbocycles. The number of carbonyl (C=O) groups excluding carboxylic acids is 2. The first kappa shape index (κ1) is 20.2. The molecule has 6 N–H and O–H groups in total. The maximum absolute atomic E-state index is 12.0. The van der Waals surface area contributed by atoms with Gasteiger partial charge in [-0.2, -0.15) is 12.6 Å². The molecule has 0 bridgehead atoms. The van der Waals surface area contributed by atoms with E-state index in [0.29, 0.717) is 0 Å². The van der Waals surface area contributed by atoms with Crippen molar-refractivity contribution in [3.8, 4) is 0 Å². The number of hydrogen-bond acceptors (Lipinski definition) is 6. The monoisotopic (exact) mass is 335 g/mol. The van der Waals surface area contributed by atoms with E-state index in [2.05, 4.69) is 23.3 Å². The van der Waals surface area contributed by atoms with Gasteiger partial charge in [0.1, 0.15) is 12.1 Å². The van der Waals surface area contributed by atoms with E-state index in [9.17, 15) is 19.2 Å². The number of amides is 2. The van der Waals surface area contributed by atoms with Crippen LogP contribution < -0.4 is 16.4 Å². The number of nitrogens with one attached hydrogen (secondary N) is 2. The Morgan fingerprint density at radius 3 is 1.91 bits per heavy atom. The van der Waals surface area contributed by atoms with Gasteiger partial charge in [0.05, 0.1) is 12.5 Å². The van der Waals surface area contributed by atoms with Crippen LogP contribution in [0.5, 0.6) is 0 Å². The number of hydrogen-bond donors (Lipinski definition) is 6. The number of thiol groups is 1. The summed E-state index contributed by atoms with van der Waals surface area (Å²) in [6, 6.07) is -3.62. The number of rotatable bonds is 9. The van der Waals surface area contributed by atoms with Gasteiger partial charge in [0.25, 0.3) is 0 Å². The fourth-order valence-corrected chi connectivity index (χ4v) is 1.66. The minimum atomic E-state index is -1.42. The first-order valence-electron chi connectivity index (χ1n) is 6.51. The molecule has 0 spiro atoms. The molecule has 0 aromatic rings. The van der Waals surface area contributed by atoms with Crippen LogP contribution in [-0.2, 0) is 19.2 Å². The zero-order chi connectivity index (χ0) is 17.4. The van der Waals surface area contributed by atoms with Crippen molar-refractivity contribution in [2.75, 3.05) is 5.75 Å². The maximum Gasteiger partial charge on any atom is 0.327 e. The quantitative estimate of drug-likeness (QED) is 0.278. The third-order valence-electron chi connectivity index (χ3n) is 2.83. The van der Waals surface area contributed by atoms with E-state index in [1.165, 1.54) is 0 Å². The van der Waals surface area contributed by atoms with Crippen molar-refractivity contribution in [2.45, 2.75) is 38.4 Å². The van der Waals surface area contributed by atoms with Gasteiger partial charge in [0.15, 0.2) is 0 Å². The molecule has 3 atom stereocenters. The first-order valence-corrected chi connectivity index (χ1v) is 7.15.